The molecule has 3 aliphatic rings. The fourth-order valence-electron chi connectivity index (χ4n) is 2.76. The second-order valence-electron chi connectivity index (χ2n) is 5.15. The van der Waals surface area contributed by atoms with E-state index in [0.717, 1.165) is 38.5 Å². The fraction of sp³-hybridized carbons (Fsp3) is 0.750. The number of aromatic nitrogens is 2. The molecule has 19 heavy (non-hydrogen) atoms. The molecule has 0 saturated carbocycles. The fourth-order valence-corrected chi connectivity index (χ4v) is 2.76. The molecule has 1 aromatic rings. The Hall–Kier alpha value is -1.47. The normalized spacial score (nSPS) is 29.6. The lowest BCUT2D eigenvalue weighted by Crippen LogP contribution is -2.57. The molecule has 3 saturated heterocycles. The predicted octanol–water partition coefficient (Wildman–Crippen LogP) is 0.149. The van der Waals surface area contributed by atoms with Crippen LogP contribution in [0.3, 0.4) is 0 Å². The zero-order valence-electron chi connectivity index (χ0n) is 10.8. The molecule has 4 rings (SSSR count). The van der Waals surface area contributed by atoms with E-state index >= 15 is 0 Å². The minimum absolute atomic E-state index is 0.140. The molecule has 0 aromatic carbocycles. The third kappa shape index (κ3) is 2.76. The van der Waals surface area contributed by atoms with Gasteiger partial charge in [0.2, 0.25) is 5.89 Å². The summed E-state index contributed by atoms with van der Waals surface area (Å²) in [4.78, 5) is 19.7. The smallest absolute Gasteiger partial charge is 0.303 e. The molecule has 0 aliphatic carbocycles. The third-order valence-electron chi connectivity index (χ3n) is 3.84. The van der Waals surface area contributed by atoms with Crippen LogP contribution in [0.15, 0.2) is 4.52 Å². The summed E-state index contributed by atoms with van der Waals surface area (Å²) in [6.45, 7) is 5.34. The number of carbonyl (C=O) groups is 1. The van der Waals surface area contributed by atoms with E-state index in [4.69, 9.17) is 9.63 Å². The Kier molecular flexibility index (Phi) is 3.48. The van der Waals surface area contributed by atoms with Crippen LogP contribution in [0.25, 0.3) is 0 Å². The van der Waals surface area contributed by atoms with Gasteiger partial charge in [-0.1, -0.05) is 5.16 Å². The quantitative estimate of drug-likeness (QED) is 0.812. The Labute approximate surface area is 111 Å². The van der Waals surface area contributed by atoms with Gasteiger partial charge in [0.25, 0.3) is 0 Å². The number of carboxylic acid groups (broad SMARTS) is 1. The van der Waals surface area contributed by atoms with Gasteiger partial charge in [0.05, 0.1) is 6.04 Å². The molecule has 0 spiro atoms. The maximum absolute atomic E-state index is 10.4. The van der Waals surface area contributed by atoms with Gasteiger partial charge in [-0.15, -0.1) is 0 Å². The van der Waals surface area contributed by atoms with E-state index < -0.39 is 5.97 Å². The van der Waals surface area contributed by atoms with Crippen molar-refractivity contribution in [1.82, 2.24) is 19.9 Å². The number of rotatable bonds is 5. The van der Waals surface area contributed by atoms with Crippen molar-refractivity contribution >= 4 is 5.97 Å². The minimum atomic E-state index is -0.789. The summed E-state index contributed by atoms with van der Waals surface area (Å²) in [6, 6.07) is 0.236. The number of piperazine rings is 3. The van der Waals surface area contributed by atoms with Crippen molar-refractivity contribution in [2.75, 3.05) is 32.7 Å². The molecule has 4 heterocycles. The maximum Gasteiger partial charge on any atom is 0.303 e. The van der Waals surface area contributed by atoms with Gasteiger partial charge in [-0.3, -0.25) is 14.6 Å². The Morgan fingerprint density at radius 1 is 1.37 bits per heavy atom. The van der Waals surface area contributed by atoms with Gasteiger partial charge < -0.3 is 9.63 Å². The van der Waals surface area contributed by atoms with Crippen LogP contribution < -0.4 is 0 Å². The zero-order valence-corrected chi connectivity index (χ0v) is 10.8. The van der Waals surface area contributed by atoms with E-state index in [0.29, 0.717) is 18.7 Å². The maximum atomic E-state index is 10.4. The van der Waals surface area contributed by atoms with E-state index in [1.807, 2.05) is 0 Å². The van der Waals surface area contributed by atoms with Gasteiger partial charge in [-0.25, -0.2) is 0 Å². The number of nitrogens with zero attached hydrogens (tertiary/aromatic N) is 4. The van der Waals surface area contributed by atoms with Crippen LogP contribution in [-0.2, 0) is 11.2 Å². The molecule has 2 bridgehead atoms. The first-order valence-electron chi connectivity index (χ1n) is 6.73. The average Bonchev–Trinajstić information content (AvgIpc) is 2.88. The molecule has 1 atom stereocenters. The lowest BCUT2D eigenvalue weighted by Gasteiger charge is -2.46. The van der Waals surface area contributed by atoms with Crippen LogP contribution >= 0.6 is 0 Å². The second kappa shape index (κ2) is 5.26. The summed E-state index contributed by atoms with van der Waals surface area (Å²) in [5.74, 6) is 0.506. The van der Waals surface area contributed by atoms with Crippen LogP contribution in [0.1, 0.15) is 30.6 Å². The lowest BCUT2D eigenvalue weighted by atomic mass is 10.1. The SMILES string of the molecule is O=C(O)CCCc1nc(C2CN3CCN2CC3)no1. The highest BCUT2D eigenvalue weighted by atomic mass is 16.5. The third-order valence-corrected chi connectivity index (χ3v) is 3.84. The van der Waals surface area contributed by atoms with Gasteiger partial charge in [0, 0.05) is 45.6 Å². The molecule has 1 aromatic heterocycles. The monoisotopic (exact) mass is 266 g/mol. The van der Waals surface area contributed by atoms with Crippen molar-refractivity contribution in [3.8, 4) is 0 Å². The summed E-state index contributed by atoms with van der Waals surface area (Å²) in [6.07, 6.45) is 1.22. The Bertz CT molecular complexity index is 454. The van der Waals surface area contributed by atoms with Crippen molar-refractivity contribution in [3.05, 3.63) is 11.7 Å². The molecule has 0 amide bonds. The zero-order chi connectivity index (χ0) is 13.2. The van der Waals surface area contributed by atoms with E-state index in [-0.39, 0.29) is 12.5 Å². The van der Waals surface area contributed by atoms with Crippen LogP contribution in [-0.4, -0.2) is 63.7 Å². The van der Waals surface area contributed by atoms with Crippen LogP contribution in [0.5, 0.6) is 0 Å². The molecule has 104 valence electrons. The van der Waals surface area contributed by atoms with Crippen LogP contribution in [0, 0.1) is 0 Å². The van der Waals surface area contributed by atoms with Crippen molar-refractivity contribution in [1.29, 1.82) is 0 Å². The number of fused-ring (bicyclic) bond motifs is 3. The van der Waals surface area contributed by atoms with Crippen molar-refractivity contribution in [3.63, 3.8) is 0 Å². The number of hydrogen-bond acceptors (Lipinski definition) is 6. The highest BCUT2D eigenvalue weighted by Crippen LogP contribution is 2.26. The molecule has 1 N–H and O–H groups in total. The molecular weight excluding hydrogens is 248 g/mol. The van der Waals surface area contributed by atoms with Crippen LogP contribution in [0.2, 0.25) is 0 Å². The molecule has 3 fully saturated rings. The lowest BCUT2D eigenvalue weighted by molar-refractivity contribution is -0.137. The highest BCUT2D eigenvalue weighted by molar-refractivity contribution is 5.66. The first kappa shape index (κ1) is 12.6. The average molecular weight is 266 g/mol. The van der Waals surface area contributed by atoms with Crippen molar-refractivity contribution in [2.45, 2.75) is 25.3 Å². The second-order valence-corrected chi connectivity index (χ2v) is 5.15. The highest BCUT2D eigenvalue weighted by Gasteiger charge is 2.35. The summed E-state index contributed by atoms with van der Waals surface area (Å²) in [5.41, 5.74) is 0. The van der Waals surface area contributed by atoms with E-state index in [1.165, 1.54) is 0 Å². The molecule has 3 aliphatic heterocycles. The number of hydrogen-bond donors (Lipinski definition) is 1. The van der Waals surface area contributed by atoms with Gasteiger partial charge in [-0.2, -0.15) is 4.98 Å². The molecular formula is C12H18N4O3. The Morgan fingerprint density at radius 3 is 2.79 bits per heavy atom. The Morgan fingerprint density at radius 2 is 2.16 bits per heavy atom. The summed E-state index contributed by atoms with van der Waals surface area (Å²) < 4.78 is 5.21. The Balaban J connectivity index is 1.60. The van der Waals surface area contributed by atoms with Gasteiger partial charge in [0.1, 0.15) is 0 Å². The number of aryl methyl sites for hydroxylation is 1. The van der Waals surface area contributed by atoms with Crippen molar-refractivity contribution < 1.29 is 14.4 Å². The van der Waals surface area contributed by atoms with Gasteiger partial charge in [0.15, 0.2) is 5.82 Å². The van der Waals surface area contributed by atoms with E-state index in [2.05, 4.69) is 19.9 Å². The summed E-state index contributed by atoms with van der Waals surface area (Å²) in [7, 11) is 0. The van der Waals surface area contributed by atoms with Crippen LogP contribution in [0.4, 0.5) is 0 Å². The van der Waals surface area contributed by atoms with E-state index in [1.54, 1.807) is 0 Å². The van der Waals surface area contributed by atoms with E-state index in [9.17, 15) is 4.79 Å². The number of carboxylic acids is 1. The summed E-state index contributed by atoms with van der Waals surface area (Å²) in [5, 5.41) is 12.6. The number of aliphatic carboxylic acids is 1. The first-order valence-corrected chi connectivity index (χ1v) is 6.73. The largest absolute Gasteiger partial charge is 0.481 e. The molecule has 1 unspecified atom stereocenters. The first-order chi connectivity index (χ1) is 9.22. The van der Waals surface area contributed by atoms with Gasteiger partial charge >= 0.3 is 5.97 Å². The van der Waals surface area contributed by atoms with Gasteiger partial charge in [-0.05, 0) is 6.42 Å². The minimum Gasteiger partial charge on any atom is -0.481 e. The predicted molar refractivity (Wildman–Crippen MR) is 65.6 cm³/mol. The molecule has 0 radical (unpaired) electrons. The topological polar surface area (TPSA) is 82.7 Å². The van der Waals surface area contributed by atoms with Crippen molar-refractivity contribution in [2.24, 2.45) is 0 Å². The molecule has 7 heteroatoms. The molecule has 7 nitrogen and oxygen atoms in total. The standard InChI is InChI=1S/C12H18N4O3/c17-11(18)3-1-2-10-13-12(14-19-10)9-8-15-4-6-16(9)7-5-15/h9H,1-8H2,(H,17,18). The summed E-state index contributed by atoms with van der Waals surface area (Å²) >= 11 is 0.